The van der Waals surface area contributed by atoms with Crippen molar-refractivity contribution < 1.29 is 14.1 Å². The van der Waals surface area contributed by atoms with Crippen molar-refractivity contribution in [2.24, 2.45) is 5.92 Å². The van der Waals surface area contributed by atoms with Gasteiger partial charge in [0.25, 0.3) is 0 Å². The van der Waals surface area contributed by atoms with Gasteiger partial charge in [-0.3, -0.25) is 14.5 Å². The molecule has 2 N–H and O–H groups in total. The Morgan fingerprint density at radius 3 is 2.80 bits per heavy atom. The van der Waals surface area contributed by atoms with E-state index in [1.54, 1.807) is 13.0 Å². The summed E-state index contributed by atoms with van der Waals surface area (Å²) < 4.78 is 4.93. The van der Waals surface area contributed by atoms with Crippen LogP contribution in [0.5, 0.6) is 0 Å². The van der Waals surface area contributed by atoms with Crippen LogP contribution in [0.3, 0.4) is 0 Å². The van der Waals surface area contributed by atoms with Crippen LogP contribution >= 0.6 is 0 Å². The number of nitrogens with one attached hydrogen (secondary N) is 2. The number of amides is 2. The number of anilines is 1. The Morgan fingerprint density at radius 1 is 1.36 bits per heavy atom. The monoisotopic (exact) mass is 349 g/mol. The van der Waals surface area contributed by atoms with E-state index in [0.29, 0.717) is 43.6 Å². The van der Waals surface area contributed by atoms with Crippen molar-refractivity contribution in [3.05, 3.63) is 11.8 Å². The molecule has 0 spiro atoms. The molecule has 1 aromatic heterocycles. The third kappa shape index (κ3) is 5.27. The number of carbonyl (C=O) groups is 2. The fraction of sp³-hybridized carbons (Fsp3) is 0.706. The van der Waals surface area contributed by atoms with Gasteiger partial charge in [0.15, 0.2) is 5.82 Å². The molecule has 2 saturated heterocycles. The topological polar surface area (TPSA) is 90.7 Å². The van der Waals surface area contributed by atoms with Crippen molar-refractivity contribution in [3.8, 4) is 0 Å². The van der Waals surface area contributed by atoms with Gasteiger partial charge in [-0.2, -0.15) is 0 Å². The van der Waals surface area contributed by atoms with E-state index in [0.717, 1.165) is 32.6 Å². The van der Waals surface area contributed by atoms with Gasteiger partial charge >= 0.3 is 0 Å². The molecule has 0 aliphatic carbocycles. The van der Waals surface area contributed by atoms with Crippen molar-refractivity contribution in [1.29, 1.82) is 0 Å². The number of carbonyl (C=O) groups excluding carboxylic acids is 2. The predicted molar refractivity (Wildman–Crippen MR) is 93.1 cm³/mol. The van der Waals surface area contributed by atoms with E-state index >= 15 is 0 Å². The van der Waals surface area contributed by atoms with Gasteiger partial charge in [0.1, 0.15) is 5.76 Å². The second-order valence-corrected chi connectivity index (χ2v) is 6.93. The third-order valence-corrected chi connectivity index (χ3v) is 4.92. The zero-order valence-electron chi connectivity index (χ0n) is 14.8. The fourth-order valence-corrected chi connectivity index (χ4v) is 3.41. The molecule has 0 saturated carbocycles. The summed E-state index contributed by atoms with van der Waals surface area (Å²) in [6.07, 6.45) is 2.80. The first kappa shape index (κ1) is 17.9. The average Bonchev–Trinajstić information content (AvgIpc) is 3.25. The molecular formula is C17H27N5O3. The first-order chi connectivity index (χ1) is 12.1. The molecule has 8 heteroatoms. The van der Waals surface area contributed by atoms with Crippen molar-refractivity contribution in [3.63, 3.8) is 0 Å². The molecule has 25 heavy (non-hydrogen) atoms. The molecular weight excluding hydrogens is 322 g/mol. The summed E-state index contributed by atoms with van der Waals surface area (Å²) in [5, 5.41) is 9.82. The highest BCUT2D eigenvalue weighted by atomic mass is 16.5. The van der Waals surface area contributed by atoms with E-state index in [4.69, 9.17) is 4.52 Å². The normalized spacial score (nSPS) is 21.5. The largest absolute Gasteiger partial charge is 0.360 e. The summed E-state index contributed by atoms with van der Waals surface area (Å²) >= 11 is 0. The van der Waals surface area contributed by atoms with Crippen molar-refractivity contribution >= 4 is 17.6 Å². The Bertz CT molecular complexity index is 589. The maximum atomic E-state index is 12.3. The minimum atomic E-state index is -0.109. The van der Waals surface area contributed by atoms with Gasteiger partial charge in [0.05, 0.1) is 6.54 Å². The third-order valence-electron chi connectivity index (χ3n) is 4.92. The molecule has 2 amide bonds. The lowest BCUT2D eigenvalue weighted by Crippen LogP contribution is -2.50. The highest BCUT2D eigenvalue weighted by Crippen LogP contribution is 2.16. The zero-order valence-corrected chi connectivity index (χ0v) is 14.8. The second kappa shape index (κ2) is 8.44. The number of piperazine rings is 1. The van der Waals surface area contributed by atoms with E-state index < -0.39 is 0 Å². The molecule has 2 fully saturated rings. The van der Waals surface area contributed by atoms with E-state index in [1.165, 1.54) is 6.42 Å². The van der Waals surface area contributed by atoms with Crippen molar-refractivity contribution in [2.75, 3.05) is 51.1 Å². The number of aryl methyl sites for hydroxylation is 1. The van der Waals surface area contributed by atoms with Crippen molar-refractivity contribution in [2.45, 2.75) is 26.2 Å². The van der Waals surface area contributed by atoms with Gasteiger partial charge in [-0.05, 0) is 38.8 Å². The highest BCUT2D eigenvalue weighted by Gasteiger charge is 2.24. The molecule has 138 valence electrons. The molecule has 1 aromatic rings. The number of nitrogens with zero attached hydrogens (tertiary/aromatic N) is 3. The number of rotatable bonds is 6. The summed E-state index contributed by atoms with van der Waals surface area (Å²) in [7, 11) is 0. The summed E-state index contributed by atoms with van der Waals surface area (Å²) in [6.45, 7) is 7.04. The maximum absolute atomic E-state index is 12.3. The lowest BCUT2D eigenvalue weighted by atomic mass is 10.0. The van der Waals surface area contributed by atoms with E-state index in [2.05, 4.69) is 20.7 Å². The fourth-order valence-electron chi connectivity index (χ4n) is 3.41. The summed E-state index contributed by atoms with van der Waals surface area (Å²) in [5.74, 6) is 1.89. The van der Waals surface area contributed by atoms with Crippen molar-refractivity contribution in [1.82, 2.24) is 20.3 Å². The first-order valence-electron chi connectivity index (χ1n) is 9.04. The Balaban J connectivity index is 1.34. The Labute approximate surface area is 147 Å². The van der Waals surface area contributed by atoms with Gasteiger partial charge in [-0.1, -0.05) is 5.16 Å². The minimum absolute atomic E-state index is 0.109. The van der Waals surface area contributed by atoms with Crippen LogP contribution in [0.4, 0.5) is 5.82 Å². The molecule has 3 heterocycles. The standard InChI is InChI=1S/C17H27N5O3/c1-13-10-15(20-25-13)19-16(23)12-21-6-8-22(9-7-21)17(24)3-2-14-4-5-18-11-14/h10,14,18H,2-9,11-12H2,1H3,(H,19,20,23). The highest BCUT2D eigenvalue weighted by molar-refractivity contribution is 5.91. The van der Waals surface area contributed by atoms with Crippen LogP contribution in [-0.2, 0) is 9.59 Å². The zero-order chi connectivity index (χ0) is 17.6. The SMILES string of the molecule is Cc1cc(NC(=O)CN2CCN(C(=O)CCC3CCNC3)CC2)no1. The van der Waals surface area contributed by atoms with Crippen LogP contribution in [-0.4, -0.2) is 72.6 Å². The molecule has 2 aliphatic rings. The second-order valence-electron chi connectivity index (χ2n) is 6.93. The summed E-state index contributed by atoms with van der Waals surface area (Å²) in [6, 6.07) is 1.69. The van der Waals surface area contributed by atoms with E-state index in [1.807, 2.05) is 4.90 Å². The quantitative estimate of drug-likeness (QED) is 0.775. The average molecular weight is 349 g/mol. The Morgan fingerprint density at radius 2 is 2.16 bits per heavy atom. The lowest BCUT2D eigenvalue weighted by Gasteiger charge is -2.34. The molecule has 0 aromatic carbocycles. The van der Waals surface area contributed by atoms with Crippen LogP contribution in [0, 0.1) is 12.8 Å². The van der Waals surface area contributed by atoms with E-state index in [9.17, 15) is 9.59 Å². The van der Waals surface area contributed by atoms with Crippen LogP contribution in [0.2, 0.25) is 0 Å². The predicted octanol–water partition coefficient (Wildman–Crippen LogP) is 0.455. The van der Waals surface area contributed by atoms with Gasteiger partial charge in [0.2, 0.25) is 11.8 Å². The van der Waals surface area contributed by atoms with Crippen LogP contribution < -0.4 is 10.6 Å². The maximum Gasteiger partial charge on any atom is 0.239 e. The van der Waals surface area contributed by atoms with Crippen LogP contribution in [0.25, 0.3) is 0 Å². The molecule has 0 radical (unpaired) electrons. The van der Waals surface area contributed by atoms with E-state index in [-0.39, 0.29) is 11.8 Å². The number of aromatic nitrogens is 1. The van der Waals surface area contributed by atoms with Crippen LogP contribution in [0.15, 0.2) is 10.6 Å². The molecule has 3 rings (SSSR count). The summed E-state index contributed by atoms with van der Waals surface area (Å²) in [4.78, 5) is 28.3. The summed E-state index contributed by atoms with van der Waals surface area (Å²) in [5.41, 5.74) is 0. The number of hydrogen-bond donors (Lipinski definition) is 2. The molecule has 1 unspecified atom stereocenters. The Hall–Kier alpha value is -1.93. The number of hydrogen-bond acceptors (Lipinski definition) is 6. The van der Waals surface area contributed by atoms with Gasteiger partial charge in [-0.25, -0.2) is 0 Å². The van der Waals surface area contributed by atoms with Gasteiger partial charge in [0, 0.05) is 38.7 Å². The molecule has 8 nitrogen and oxygen atoms in total. The Kier molecular flexibility index (Phi) is 6.04. The lowest BCUT2D eigenvalue weighted by molar-refractivity contribution is -0.133. The molecule has 2 aliphatic heterocycles. The first-order valence-corrected chi connectivity index (χ1v) is 9.04. The molecule has 0 bridgehead atoms. The van der Waals surface area contributed by atoms with Gasteiger partial charge < -0.3 is 20.1 Å². The minimum Gasteiger partial charge on any atom is -0.360 e. The van der Waals surface area contributed by atoms with Crippen LogP contribution in [0.1, 0.15) is 25.0 Å². The molecule has 1 atom stereocenters. The van der Waals surface area contributed by atoms with Gasteiger partial charge in [-0.15, -0.1) is 0 Å². The smallest absolute Gasteiger partial charge is 0.239 e.